The molecule has 0 radical (unpaired) electrons. The smallest absolute Gasteiger partial charge is 0.196 e. The molecule has 0 saturated heterocycles. The van der Waals surface area contributed by atoms with Gasteiger partial charge >= 0.3 is 0 Å². The molecule has 54 heavy (non-hydrogen) atoms. The van der Waals surface area contributed by atoms with E-state index in [4.69, 9.17) is 4.98 Å². The SMILES string of the molecule is c1cnc(-c2nc3ccccc3n2-c2ccc(Cc3cc4ccc(-c5ccc6c7ccccc7c7ccccc7c6c5)cc4c4ccccc34)cc2)nc1. The van der Waals surface area contributed by atoms with Crippen molar-refractivity contribution in [3.05, 3.63) is 193 Å². The van der Waals surface area contributed by atoms with Crippen molar-refractivity contribution in [3.8, 4) is 28.5 Å². The average Bonchev–Trinajstić information content (AvgIpc) is 3.64. The maximum absolute atomic E-state index is 4.91. The molecular weight excluding hydrogens is 657 g/mol. The fraction of sp³-hybridized carbons (Fsp3) is 0.0200. The minimum atomic E-state index is 0.603. The van der Waals surface area contributed by atoms with Crippen molar-refractivity contribution in [2.45, 2.75) is 6.42 Å². The molecule has 0 spiro atoms. The van der Waals surface area contributed by atoms with Gasteiger partial charge in [-0.3, -0.25) is 4.57 Å². The Morgan fingerprint density at radius 2 is 0.981 bits per heavy atom. The molecule has 11 aromatic rings. The maximum Gasteiger partial charge on any atom is 0.196 e. The molecule has 2 heterocycles. The Hall–Kier alpha value is -7.17. The second-order valence-corrected chi connectivity index (χ2v) is 14.0. The third-order valence-electron chi connectivity index (χ3n) is 10.9. The summed E-state index contributed by atoms with van der Waals surface area (Å²) < 4.78 is 2.15. The van der Waals surface area contributed by atoms with E-state index in [0.29, 0.717) is 5.82 Å². The van der Waals surface area contributed by atoms with E-state index in [9.17, 15) is 0 Å². The van der Waals surface area contributed by atoms with E-state index < -0.39 is 0 Å². The van der Waals surface area contributed by atoms with E-state index in [1.54, 1.807) is 12.4 Å². The van der Waals surface area contributed by atoms with Gasteiger partial charge in [0, 0.05) is 18.1 Å². The quantitative estimate of drug-likeness (QED) is 0.169. The van der Waals surface area contributed by atoms with E-state index in [1.165, 1.54) is 76.1 Å². The first-order valence-electron chi connectivity index (χ1n) is 18.4. The lowest BCUT2D eigenvalue weighted by Gasteiger charge is -2.14. The summed E-state index contributed by atoms with van der Waals surface area (Å²) >= 11 is 0. The lowest BCUT2D eigenvalue weighted by Crippen LogP contribution is -2.00. The highest BCUT2D eigenvalue weighted by Crippen LogP contribution is 2.39. The van der Waals surface area contributed by atoms with Crippen molar-refractivity contribution < 1.29 is 0 Å². The summed E-state index contributed by atoms with van der Waals surface area (Å²) in [6.45, 7) is 0. The molecule has 0 aliphatic carbocycles. The summed E-state index contributed by atoms with van der Waals surface area (Å²) in [5.74, 6) is 1.33. The third-order valence-corrected chi connectivity index (χ3v) is 10.9. The van der Waals surface area contributed by atoms with Crippen LogP contribution in [0.2, 0.25) is 0 Å². The number of para-hydroxylation sites is 2. The molecule has 0 unspecified atom stereocenters. The second kappa shape index (κ2) is 12.2. The third kappa shape index (κ3) is 4.88. The van der Waals surface area contributed by atoms with E-state index >= 15 is 0 Å². The highest BCUT2D eigenvalue weighted by atomic mass is 15.1. The molecule has 2 aromatic heterocycles. The summed E-state index contributed by atoms with van der Waals surface area (Å²) in [5.41, 5.74) is 7.98. The van der Waals surface area contributed by atoms with Crippen LogP contribution in [0.15, 0.2) is 182 Å². The van der Waals surface area contributed by atoms with Crippen LogP contribution >= 0.6 is 0 Å². The molecule has 0 N–H and O–H groups in total. The number of hydrogen-bond acceptors (Lipinski definition) is 3. The van der Waals surface area contributed by atoms with E-state index in [1.807, 2.05) is 24.3 Å². The molecule has 0 atom stereocenters. The second-order valence-electron chi connectivity index (χ2n) is 14.0. The van der Waals surface area contributed by atoms with Gasteiger partial charge in [-0.2, -0.15) is 0 Å². The van der Waals surface area contributed by atoms with Crippen LogP contribution in [0.25, 0.3) is 93.4 Å². The largest absolute Gasteiger partial charge is 0.290 e. The molecule has 252 valence electrons. The predicted molar refractivity (Wildman–Crippen MR) is 224 cm³/mol. The first-order chi connectivity index (χ1) is 26.8. The molecule has 0 aliphatic heterocycles. The lowest BCUT2D eigenvalue weighted by molar-refractivity contribution is 1.04. The number of nitrogens with zero attached hydrogens (tertiary/aromatic N) is 4. The number of fused-ring (bicyclic) bond motifs is 10. The zero-order valence-corrected chi connectivity index (χ0v) is 29.3. The number of imidazole rings is 1. The Bertz CT molecular complexity index is 3200. The molecule has 0 saturated carbocycles. The lowest BCUT2D eigenvalue weighted by atomic mass is 9.90. The fourth-order valence-corrected chi connectivity index (χ4v) is 8.43. The molecule has 0 amide bonds. The van der Waals surface area contributed by atoms with Crippen molar-refractivity contribution in [2.24, 2.45) is 0 Å². The van der Waals surface area contributed by atoms with Crippen LogP contribution in [0.1, 0.15) is 11.1 Å². The van der Waals surface area contributed by atoms with Gasteiger partial charge in [0.2, 0.25) is 0 Å². The zero-order valence-electron chi connectivity index (χ0n) is 29.3. The Morgan fingerprint density at radius 3 is 1.69 bits per heavy atom. The van der Waals surface area contributed by atoms with Gasteiger partial charge in [-0.15, -0.1) is 0 Å². The Balaban J connectivity index is 0.979. The number of hydrogen-bond donors (Lipinski definition) is 0. The Labute approximate surface area is 311 Å². The molecule has 11 rings (SSSR count). The predicted octanol–water partition coefficient (Wildman–Crippen LogP) is 12.5. The molecule has 9 aromatic carbocycles. The van der Waals surface area contributed by atoms with Crippen molar-refractivity contribution in [1.29, 1.82) is 0 Å². The van der Waals surface area contributed by atoms with Gasteiger partial charge in [-0.1, -0.05) is 127 Å². The van der Waals surface area contributed by atoms with Crippen molar-refractivity contribution in [2.75, 3.05) is 0 Å². The number of benzene rings is 9. The molecule has 4 nitrogen and oxygen atoms in total. The summed E-state index contributed by atoms with van der Waals surface area (Å²) in [7, 11) is 0. The highest BCUT2D eigenvalue weighted by Gasteiger charge is 2.17. The maximum atomic E-state index is 4.91. The molecule has 0 bridgehead atoms. The molecule has 0 fully saturated rings. The average molecular weight is 689 g/mol. The van der Waals surface area contributed by atoms with Gasteiger partial charge in [-0.05, 0) is 125 Å². The van der Waals surface area contributed by atoms with Gasteiger partial charge in [-0.25, -0.2) is 15.0 Å². The Morgan fingerprint density at radius 1 is 0.426 bits per heavy atom. The first-order valence-corrected chi connectivity index (χ1v) is 18.4. The van der Waals surface area contributed by atoms with E-state index in [2.05, 4.69) is 160 Å². The number of aromatic nitrogens is 4. The fourth-order valence-electron chi connectivity index (χ4n) is 8.43. The van der Waals surface area contributed by atoms with Crippen LogP contribution in [-0.2, 0) is 6.42 Å². The summed E-state index contributed by atoms with van der Waals surface area (Å²) in [5, 5.41) is 12.9. The van der Waals surface area contributed by atoms with Crippen molar-refractivity contribution >= 4 is 64.9 Å². The van der Waals surface area contributed by atoms with Gasteiger partial charge < -0.3 is 0 Å². The Kier molecular flexibility index (Phi) is 6.89. The summed E-state index contributed by atoms with van der Waals surface area (Å²) in [6.07, 6.45) is 4.34. The van der Waals surface area contributed by atoms with Crippen molar-refractivity contribution in [1.82, 2.24) is 19.5 Å². The highest BCUT2D eigenvalue weighted by molar-refractivity contribution is 6.25. The van der Waals surface area contributed by atoms with Crippen LogP contribution in [0.4, 0.5) is 0 Å². The van der Waals surface area contributed by atoms with Crippen LogP contribution in [-0.4, -0.2) is 19.5 Å². The monoisotopic (exact) mass is 688 g/mol. The minimum absolute atomic E-state index is 0.603. The standard InChI is InChI=1S/C50H32N4/c1-2-11-39-38(10-1)36(28-32-18-23-37(24-19-32)54-48-17-8-7-16-47(48)53-50(54)49-51-26-9-27-52-49)29-35-21-20-33(30-45(35)39)34-22-25-44-42-14-4-3-12-40(42)41-13-5-6-15-43(41)46(44)31-34/h1-27,29-31H,28H2. The van der Waals surface area contributed by atoms with Crippen LogP contribution in [0, 0.1) is 0 Å². The van der Waals surface area contributed by atoms with Gasteiger partial charge in [0.25, 0.3) is 0 Å². The topological polar surface area (TPSA) is 43.6 Å². The molecular formula is C50H32N4. The first kappa shape index (κ1) is 30.5. The van der Waals surface area contributed by atoms with Crippen molar-refractivity contribution in [3.63, 3.8) is 0 Å². The number of rotatable bonds is 5. The normalized spacial score (nSPS) is 11.8. The summed E-state index contributed by atoms with van der Waals surface area (Å²) in [6, 6.07) is 61.6. The van der Waals surface area contributed by atoms with Gasteiger partial charge in [0.1, 0.15) is 0 Å². The van der Waals surface area contributed by atoms with Crippen LogP contribution in [0.5, 0.6) is 0 Å². The minimum Gasteiger partial charge on any atom is -0.290 e. The van der Waals surface area contributed by atoms with Gasteiger partial charge in [0.15, 0.2) is 11.6 Å². The van der Waals surface area contributed by atoms with Gasteiger partial charge in [0.05, 0.1) is 11.0 Å². The molecule has 4 heteroatoms. The summed E-state index contributed by atoms with van der Waals surface area (Å²) in [4.78, 5) is 13.9. The van der Waals surface area contributed by atoms with Crippen LogP contribution < -0.4 is 0 Å². The zero-order chi connectivity index (χ0) is 35.6. The molecule has 0 aliphatic rings. The van der Waals surface area contributed by atoms with E-state index in [-0.39, 0.29) is 0 Å². The van der Waals surface area contributed by atoms with Crippen LogP contribution in [0.3, 0.4) is 0 Å². The van der Waals surface area contributed by atoms with E-state index in [0.717, 1.165) is 29.0 Å².